The largest absolute Gasteiger partial charge is 0.508 e. The van der Waals surface area contributed by atoms with Crippen LogP contribution >= 0.6 is 0 Å². The van der Waals surface area contributed by atoms with Crippen molar-refractivity contribution in [3.63, 3.8) is 0 Å². The third-order valence-corrected chi connectivity index (χ3v) is 5.31. The quantitative estimate of drug-likeness (QED) is 0.488. The van der Waals surface area contributed by atoms with Crippen molar-refractivity contribution in [3.05, 3.63) is 65.7 Å². The normalized spacial score (nSPS) is 21.3. The third-order valence-electron chi connectivity index (χ3n) is 5.31. The molecule has 0 spiro atoms. The minimum atomic E-state index is -0.360. The highest BCUT2D eigenvalue weighted by Gasteiger charge is 2.48. The van der Waals surface area contributed by atoms with Gasteiger partial charge in [0.05, 0.1) is 17.5 Å². The van der Waals surface area contributed by atoms with Crippen molar-refractivity contribution in [1.29, 1.82) is 0 Å². The molecule has 142 valence electrons. The summed E-state index contributed by atoms with van der Waals surface area (Å²) in [6.45, 7) is 1.98. The highest BCUT2D eigenvalue weighted by molar-refractivity contribution is 6.22. The number of amides is 3. The topological polar surface area (TPSA) is 86.7 Å². The number of phenols is 1. The zero-order chi connectivity index (χ0) is 19.8. The molecule has 1 aliphatic heterocycles. The minimum Gasteiger partial charge on any atom is -0.508 e. The van der Waals surface area contributed by atoms with Gasteiger partial charge < -0.3 is 10.4 Å². The van der Waals surface area contributed by atoms with E-state index in [9.17, 15) is 19.5 Å². The van der Waals surface area contributed by atoms with Crippen LogP contribution in [0, 0.1) is 11.8 Å². The Bertz CT molecular complexity index is 994. The van der Waals surface area contributed by atoms with Crippen LogP contribution in [0.4, 0.5) is 11.4 Å². The fraction of sp³-hybridized carbons (Fsp3) is 0.227. The number of phenolic OH excluding ortho intramolecular Hbond substituents is 1. The number of nitrogens with one attached hydrogen (secondary N) is 1. The molecule has 2 atom stereocenters. The molecule has 0 radical (unpaired) electrons. The fourth-order valence-electron chi connectivity index (χ4n) is 3.83. The van der Waals surface area contributed by atoms with Gasteiger partial charge >= 0.3 is 0 Å². The molecule has 2 N–H and O–H groups in total. The molecule has 1 saturated heterocycles. The van der Waals surface area contributed by atoms with E-state index in [1.807, 2.05) is 13.0 Å². The molecule has 0 aromatic heterocycles. The van der Waals surface area contributed by atoms with Crippen LogP contribution in [0.25, 0.3) is 0 Å². The van der Waals surface area contributed by atoms with Crippen LogP contribution in [0.3, 0.4) is 0 Å². The van der Waals surface area contributed by atoms with Gasteiger partial charge in [-0.25, -0.2) is 0 Å². The first kappa shape index (κ1) is 18.0. The molecular formula is C22H20N2O4. The maximum Gasteiger partial charge on any atom is 0.255 e. The van der Waals surface area contributed by atoms with E-state index in [1.165, 1.54) is 17.0 Å². The van der Waals surface area contributed by atoms with Gasteiger partial charge in [0.1, 0.15) is 5.75 Å². The Hall–Kier alpha value is -3.41. The molecule has 6 nitrogen and oxygen atoms in total. The van der Waals surface area contributed by atoms with E-state index >= 15 is 0 Å². The Balaban J connectivity index is 1.57. The van der Waals surface area contributed by atoms with Crippen LogP contribution in [0.5, 0.6) is 5.75 Å². The summed E-state index contributed by atoms with van der Waals surface area (Å²) >= 11 is 0. The van der Waals surface area contributed by atoms with E-state index in [0.29, 0.717) is 29.8 Å². The molecular weight excluding hydrogens is 356 g/mol. The molecule has 1 aliphatic carbocycles. The van der Waals surface area contributed by atoms with E-state index in [4.69, 9.17) is 0 Å². The molecule has 2 aliphatic rings. The Morgan fingerprint density at radius 3 is 2.54 bits per heavy atom. The molecule has 0 unspecified atom stereocenters. The molecule has 2 aromatic rings. The molecule has 2 aromatic carbocycles. The summed E-state index contributed by atoms with van der Waals surface area (Å²) in [6, 6.07) is 12.6. The van der Waals surface area contributed by atoms with Crippen LogP contribution in [0.1, 0.15) is 30.1 Å². The van der Waals surface area contributed by atoms with Gasteiger partial charge in [0.2, 0.25) is 11.8 Å². The number of aromatic hydroxyl groups is 1. The predicted octanol–water partition coefficient (Wildman–Crippen LogP) is 3.49. The van der Waals surface area contributed by atoms with Crippen molar-refractivity contribution >= 4 is 29.1 Å². The number of anilines is 2. The van der Waals surface area contributed by atoms with Gasteiger partial charge in [0.25, 0.3) is 5.91 Å². The summed E-state index contributed by atoms with van der Waals surface area (Å²) in [6.07, 6.45) is 3.21. The lowest BCUT2D eigenvalue weighted by Gasteiger charge is -2.18. The zero-order valence-corrected chi connectivity index (χ0v) is 15.4. The number of allylic oxidation sites excluding steroid dienone is 2. The summed E-state index contributed by atoms with van der Waals surface area (Å²) in [5.74, 6) is -1.27. The Morgan fingerprint density at radius 2 is 1.79 bits per heavy atom. The predicted molar refractivity (Wildman–Crippen MR) is 105 cm³/mol. The number of imide groups is 1. The second kappa shape index (κ2) is 6.96. The number of carbonyl (C=O) groups excluding carboxylic acids is 3. The SMILES string of the molecule is CC1=CC[C@@H]2C(=O)N(c3cccc(C(=O)Nc4ccc(O)cc4)c3)C(=O)[C@H]2C1. The van der Waals surface area contributed by atoms with Crippen LogP contribution in [0.15, 0.2) is 60.2 Å². The van der Waals surface area contributed by atoms with Crippen LogP contribution < -0.4 is 10.2 Å². The molecule has 1 fully saturated rings. The third kappa shape index (κ3) is 3.17. The lowest BCUT2D eigenvalue weighted by atomic mass is 9.82. The maximum absolute atomic E-state index is 12.9. The van der Waals surface area contributed by atoms with Gasteiger partial charge in [-0.05, 0) is 62.2 Å². The van der Waals surface area contributed by atoms with Gasteiger partial charge in [-0.3, -0.25) is 19.3 Å². The van der Waals surface area contributed by atoms with Crippen LogP contribution in [-0.2, 0) is 9.59 Å². The lowest BCUT2D eigenvalue weighted by Crippen LogP contribution is -2.31. The molecule has 3 amide bonds. The number of hydrogen-bond donors (Lipinski definition) is 2. The molecule has 6 heteroatoms. The summed E-state index contributed by atoms with van der Waals surface area (Å²) in [5, 5.41) is 12.1. The molecule has 4 rings (SSSR count). The average molecular weight is 376 g/mol. The van der Waals surface area contributed by atoms with Crippen LogP contribution in [0.2, 0.25) is 0 Å². The van der Waals surface area contributed by atoms with E-state index in [1.54, 1.807) is 36.4 Å². The van der Waals surface area contributed by atoms with E-state index in [-0.39, 0.29) is 35.3 Å². The highest BCUT2D eigenvalue weighted by Crippen LogP contribution is 2.39. The standard InChI is InChI=1S/C22H20N2O4/c1-13-5-10-18-19(11-13)22(28)24(21(18)27)16-4-2-3-14(12-16)20(26)23-15-6-8-17(25)9-7-15/h2-9,12,18-19,25H,10-11H2,1H3,(H,23,26)/t18-,19-/m0/s1. The maximum atomic E-state index is 12.9. The van der Waals surface area contributed by atoms with E-state index in [2.05, 4.69) is 5.32 Å². The summed E-state index contributed by atoms with van der Waals surface area (Å²) in [4.78, 5) is 39.4. The summed E-state index contributed by atoms with van der Waals surface area (Å²) in [7, 11) is 0. The van der Waals surface area contributed by atoms with E-state index < -0.39 is 0 Å². The molecule has 0 bridgehead atoms. The van der Waals surface area contributed by atoms with Crippen molar-refractivity contribution < 1.29 is 19.5 Å². The Morgan fingerprint density at radius 1 is 1.07 bits per heavy atom. The van der Waals surface area contributed by atoms with Crippen molar-refractivity contribution in [3.8, 4) is 5.75 Å². The van der Waals surface area contributed by atoms with Crippen LogP contribution in [-0.4, -0.2) is 22.8 Å². The molecule has 1 heterocycles. The first-order valence-electron chi connectivity index (χ1n) is 9.18. The number of benzene rings is 2. The summed E-state index contributed by atoms with van der Waals surface area (Å²) < 4.78 is 0. The van der Waals surface area contributed by atoms with Crippen molar-refractivity contribution in [2.75, 3.05) is 10.2 Å². The van der Waals surface area contributed by atoms with Gasteiger partial charge in [-0.2, -0.15) is 0 Å². The zero-order valence-electron chi connectivity index (χ0n) is 15.4. The Labute approximate surface area is 162 Å². The second-order valence-corrected chi connectivity index (χ2v) is 7.27. The first-order chi connectivity index (χ1) is 13.4. The van der Waals surface area contributed by atoms with Crippen molar-refractivity contribution in [2.24, 2.45) is 11.8 Å². The van der Waals surface area contributed by atoms with Crippen molar-refractivity contribution in [1.82, 2.24) is 0 Å². The van der Waals surface area contributed by atoms with Gasteiger partial charge in [-0.1, -0.05) is 17.7 Å². The highest BCUT2D eigenvalue weighted by atomic mass is 16.3. The first-order valence-corrected chi connectivity index (χ1v) is 9.18. The minimum absolute atomic E-state index is 0.109. The van der Waals surface area contributed by atoms with Crippen molar-refractivity contribution in [2.45, 2.75) is 19.8 Å². The van der Waals surface area contributed by atoms with E-state index in [0.717, 1.165) is 5.57 Å². The van der Waals surface area contributed by atoms with Gasteiger partial charge in [0.15, 0.2) is 0 Å². The second-order valence-electron chi connectivity index (χ2n) is 7.27. The number of carbonyl (C=O) groups is 3. The van der Waals surface area contributed by atoms with Gasteiger partial charge in [0, 0.05) is 11.3 Å². The monoisotopic (exact) mass is 376 g/mol. The number of hydrogen-bond acceptors (Lipinski definition) is 4. The molecule has 0 saturated carbocycles. The number of fused-ring (bicyclic) bond motifs is 1. The number of nitrogens with zero attached hydrogens (tertiary/aromatic N) is 1. The smallest absolute Gasteiger partial charge is 0.255 e. The lowest BCUT2D eigenvalue weighted by molar-refractivity contribution is -0.122. The Kier molecular flexibility index (Phi) is 4.47. The fourth-order valence-corrected chi connectivity index (χ4v) is 3.83. The molecule has 28 heavy (non-hydrogen) atoms. The number of rotatable bonds is 3. The van der Waals surface area contributed by atoms with Gasteiger partial charge in [-0.15, -0.1) is 0 Å². The average Bonchev–Trinajstić information content (AvgIpc) is 2.93. The summed E-state index contributed by atoms with van der Waals surface area (Å²) in [5.41, 5.74) is 2.43.